The smallest absolute Gasteiger partial charge is 0.378 e. The van der Waals surface area contributed by atoms with Gasteiger partial charge in [0.15, 0.2) is 5.11 Å². The minimum absolute atomic E-state index is 0.237. The fourth-order valence-electron chi connectivity index (χ4n) is 4.18. The van der Waals surface area contributed by atoms with Crippen LogP contribution in [0.15, 0.2) is 82.6 Å². The van der Waals surface area contributed by atoms with E-state index in [1.54, 1.807) is 12.1 Å². The lowest BCUT2D eigenvalue weighted by molar-refractivity contribution is -0.163. The number of ether oxygens (including phenoxy) is 1. The molecule has 4 rings (SSSR count). The molecule has 0 spiro atoms. The molecule has 0 saturated carbocycles. The summed E-state index contributed by atoms with van der Waals surface area (Å²) < 4.78 is 90.3. The number of anilines is 1. The predicted octanol–water partition coefficient (Wildman–Crippen LogP) is 7.23. The van der Waals surface area contributed by atoms with E-state index in [1.165, 1.54) is 17.0 Å². The van der Waals surface area contributed by atoms with E-state index >= 15 is 0 Å². The molecule has 0 unspecified atom stereocenters. The Morgan fingerprint density at radius 1 is 0.929 bits per heavy atom. The number of benzene rings is 3. The predicted molar refractivity (Wildman–Crippen MR) is 153 cm³/mol. The zero-order chi connectivity index (χ0) is 30.3. The lowest BCUT2D eigenvalue weighted by Gasteiger charge is -2.25. The Balaban J connectivity index is 1.58. The maximum absolute atomic E-state index is 14.2. The summed E-state index contributed by atoms with van der Waals surface area (Å²) in [6.45, 7) is 1.45. The maximum atomic E-state index is 14.2. The van der Waals surface area contributed by atoms with Gasteiger partial charge in [-0.15, -0.1) is 0 Å². The van der Waals surface area contributed by atoms with Gasteiger partial charge in [-0.1, -0.05) is 54.2 Å². The number of thiocarbonyl (C=S) groups is 1. The summed E-state index contributed by atoms with van der Waals surface area (Å²) in [6.07, 6.45) is -9.04. The lowest BCUT2D eigenvalue weighted by Crippen LogP contribution is -2.39. The fraction of sp³-hybridized carbons (Fsp3) is 0.241. The molecule has 2 N–H and O–H groups in total. The molecule has 1 saturated heterocycles. The highest BCUT2D eigenvalue weighted by atomic mass is 32.2. The molecular weight excluding hydrogens is 600 g/mol. The van der Waals surface area contributed by atoms with Crippen LogP contribution in [0.1, 0.15) is 22.3 Å². The van der Waals surface area contributed by atoms with Gasteiger partial charge < -0.3 is 20.3 Å². The third-order valence-electron chi connectivity index (χ3n) is 6.11. The highest BCUT2D eigenvalue weighted by Gasteiger charge is 2.46. The Bertz CT molecular complexity index is 1440. The van der Waals surface area contributed by atoms with Crippen molar-refractivity contribution in [2.24, 2.45) is 0 Å². The van der Waals surface area contributed by atoms with Crippen LogP contribution < -0.4 is 10.6 Å². The Kier molecular flexibility index (Phi) is 10.2. The van der Waals surface area contributed by atoms with Crippen molar-refractivity contribution in [2.45, 2.75) is 28.7 Å². The first-order valence-electron chi connectivity index (χ1n) is 12.6. The minimum atomic E-state index is -5.34. The fourth-order valence-corrected chi connectivity index (χ4v) is 5.41. The van der Waals surface area contributed by atoms with Crippen molar-refractivity contribution in [3.05, 3.63) is 95.1 Å². The molecule has 1 amide bonds. The van der Waals surface area contributed by atoms with Gasteiger partial charge in [0.2, 0.25) is 5.91 Å². The second-order valence-corrected chi connectivity index (χ2v) is 10.6. The van der Waals surface area contributed by atoms with Crippen molar-refractivity contribution in [3.8, 4) is 0 Å². The molecule has 3 aromatic carbocycles. The Morgan fingerprint density at radius 2 is 1.62 bits per heavy atom. The number of hydrogen-bond acceptors (Lipinski definition) is 4. The van der Waals surface area contributed by atoms with E-state index in [9.17, 15) is 31.1 Å². The van der Waals surface area contributed by atoms with Crippen LogP contribution in [-0.2, 0) is 28.4 Å². The number of morpholine rings is 1. The van der Waals surface area contributed by atoms with E-state index in [1.807, 2.05) is 30.3 Å². The van der Waals surface area contributed by atoms with Crippen molar-refractivity contribution in [1.29, 1.82) is 0 Å². The van der Waals surface area contributed by atoms with E-state index in [4.69, 9.17) is 17.0 Å². The lowest BCUT2D eigenvalue weighted by atomic mass is 9.99. The van der Waals surface area contributed by atoms with Crippen LogP contribution in [0, 0.1) is 0 Å². The van der Waals surface area contributed by atoms with E-state index in [-0.39, 0.29) is 36.3 Å². The first kappa shape index (κ1) is 31.4. The van der Waals surface area contributed by atoms with Gasteiger partial charge in [0.1, 0.15) is 0 Å². The van der Waals surface area contributed by atoms with Crippen LogP contribution >= 0.6 is 24.0 Å². The number of rotatable bonds is 7. The van der Waals surface area contributed by atoms with Gasteiger partial charge in [-0.25, -0.2) is 0 Å². The van der Waals surface area contributed by atoms with Gasteiger partial charge >= 0.3 is 12.4 Å². The first-order valence-corrected chi connectivity index (χ1v) is 13.9. The standard InChI is InChI=1S/C29H25F6N3O2S2/c30-28(31,32)25-20(10-12-24(39)38-13-15-40-16-14-38)9-11-23(26(25)29(33,34)35)42-22-8-4-7-21(17-22)37-27(41)36-18-19-5-2-1-3-6-19/h1-12,17H,13-16,18H2,(H2,36,37,41). The van der Waals surface area contributed by atoms with Crippen LogP contribution in [0.2, 0.25) is 0 Å². The number of halogens is 6. The summed E-state index contributed by atoms with van der Waals surface area (Å²) in [4.78, 5) is 13.4. The third-order valence-corrected chi connectivity index (χ3v) is 7.41. The SMILES string of the molecule is O=C(C=Cc1ccc(Sc2cccc(NC(=S)NCc3ccccc3)c2)c(C(F)(F)F)c1C(F)(F)F)N1CCOCC1. The quantitative estimate of drug-likeness (QED) is 0.164. The van der Waals surface area contributed by atoms with Crippen LogP contribution in [0.3, 0.4) is 0 Å². The summed E-state index contributed by atoms with van der Waals surface area (Å²) in [5.74, 6) is -0.612. The van der Waals surface area contributed by atoms with Gasteiger partial charge in [-0.2, -0.15) is 26.3 Å². The molecule has 1 aliphatic rings. The number of alkyl halides is 6. The molecule has 1 aliphatic heterocycles. The zero-order valence-corrected chi connectivity index (χ0v) is 23.5. The minimum Gasteiger partial charge on any atom is -0.378 e. The van der Waals surface area contributed by atoms with Gasteiger partial charge in [-0.3, -0.25) is 4.79 Å². The van der Waals surface area contributed by atoms with Gasteiger partial charge in [0.05, 0.1) is 24.3 Å². The average molecular weight is 626 g/mol. The highest BCUT2D eigenvalue weighted by Crippen LogP contribution is 2.48. The maximum Gasteiger partial charge on any atom is 0.418 e. The van der Waals surface area contributed by atoms with Crippen molar-refractivity contribution in [3.63, 3.8) is 0 Å². The number of hydrogen-bond donors (Lipinski definition) is 2. The monoisotopic (exact) mass is 625 g/mol. The van der Waals surface area contributed by atoms with Crippen molar-refractivity contribution < 1.29 is 35.9 Å². The van der Waals surface area contributed by atoms with E-state index in [0.717, 1.165) is 29.8 Å². The molecule has 1 fully saturated rings. The van der Waals surface area contributed by atoms with E-state index < -0.39 is 39.8 Å². The van der Waals surface area contributed by atoms with Crippen LogP contribution in [0.4, 0.5) is 32.0 Å². The summed E-state index contributed by atoms with van der Waals surface area (Å²) in [5.41, 5.74) is -3.01. The molecule has 0 atom stereocenters. The van der Waals surface area contributed by atoms with Crippen molar-refractivity contribution in [1.82, 2.24) is 10.2 Å². The number of carbonyl (C=O) groups excluding carboxylic acids is 1. The van der Waals surface area contributed by atoms with Crippen LogP contribution in [-0.4, -0.2) is 42.2 Å². The van der Waals surface area contributed by atoms with Crippen molar-refractivity contribution in [2.75, 3.05) is 31.6 Å². The molecular formula is C29H25F6N3O2S2. The van der Waals surface area contributed by atoms with Gasteiger partial charge in [0, 0.05) is 41.2 Å². The molecule has 42 heavy (non-hydrogen) atoms. The summed E-state index contributed by atoms with van der Waals surface area (Å²) >= 11 is 5.83. The summed E-state index contributed by atoms with van der Waals surface area (Å²) in [5, 5.41) is 6.21. The molecule has 1 heterocycles. The largest absolute Gasteiger partial charge is 0.418 e. The van der Waals surface area contributed by atoms with Crippen LogP contribution in [0.5, 0.6) is 0 Å². The highest BCUT2D eigenvalue weighted by molar-refractivity contribution is 7.99. The molecule has 0 bridgehead atoms. The van der Waals surface area contributed by atoms with Crippen LogP contribution in [0.25, 0.3) is 6.08 Å². The topological polar surface area (TPSA) is 53.6 Å². The first-order chi connectivity index (χ1) is 19.9. The summed E-state index contributed by atoms with van der Waals surface area (Å²) in [6, 6.07) is 17.5. The number of carbonyl (C=O) groups is 1. The molecule has 3 aromatic rings. The Morgan fingerprint density at radius 3 is 2.29 bits per heavy atom. The number of amides is 1. The molecule has 13 heteroatoms. The molecule has 5 nitrogen and oxygen atoms in total. The van der Waals surface area contributed by atoms with E-state index in [2.05, 4.69) is 10.6 Å². The molecule has 0 radical (unpaired) electrons. The average Bonchev–Trinajstić information content (AvgIpc) is 2.95. The Labute approximate surface area is 247 Å². The van der Waals surface area contributed by atoms with Gasteiger partial charge in [0.25, 0.3) is 0 Å². The summed E-state index contributed by atoms with van der Waals surface area (Å²) in [7, 11) is 0. The third kappa shape index (κ3) is 8.49. The number of nitrogens with zero attached hydrogens (tertiary/aromatic N) is 1. The second-order valence-electron chi connectivity index (χ2n) is 9.09. The van der Waals surface area contributed by atoms with E-state index in [0.29, 0.717) is 24.0 Å². The van der Waals surface area contributed by atoms with Crippen molar-refractivity contribution >= 4 is 46.8 Å². The molecule has 222 valence electrons. The van der Waals surface area contributed by atoms with Gasteiger partial charge in [-0.05, 0) is 53.7 Å². The normalized spacial score (nSPS) is 14.2. The molecule has 0 aliphatic carbocycles. The second kappa shape index (κ2) is 13.6. The zero-order valence-electron chi connectivity index (χ0n) is 21.9. The Hall–Kier alpha value is -3.55. The molecule has 0 aromatic heterocycles. The number of nitrogens with one attached hydrogen (secondary N) is 2.